The van der Waals surface area contributed by atoms with Gasteiger partial charge in [0.2, 0.25) is 0 Å². The van der Waals surface area contributed by atoms with Gasteiger partial charge in [0.25, 0.3) is 5.91 Å². The largest absolute Gasteiger partial charge is 0.456 e. The van der Waals surface area contributed by atoms with E-state index in [0.29, 0.717) is 18.8 Å². The minimum atomic E-state index is -0.0474. The number of hydrogen-bond acceptors (Lipinski definition) is 3. The highest BCUT2D eigenvalue weighted by molar-refractivity contribution is 5.91. The van der Waals surface area contributed by atoms with Gasteiger partial charge in [0.1, 0.15) is 5.76 Å². The molecule has 0 aliphatic carbocycles. The van der Waals surface area contributed by atoms with Crippen molar-refractivity contribution >= 4 is 5.91 Å². The Morgan fingerprint density at radius 3 is 2.44 bits per heavy atom. The fourth-order valence-corrected chi connectivity index (χ4v) is 2.14. The van der Waals surface area contributed by atoms with E-state index in [1.165, 1.54) is 0 Å². The predicted octanol–water partition coefficient (Wildman–Crippen LogP) is 2.43. The zero-order chi connectivity index (χ0) is 13.5. The molecule has 4 nitrogen and oxygen atoms in total. The molecule has 102 valence electrons. The zero-order valence-electron chi connectivity index (χ0n) is 11.6. The molecule has 0 aliphatic heterocycles. The topological polar surface area (TPSA) is 59.5 Å². The fourth-order valence-electron chi connectivity index (χ4n) is 2.14. The Morgan fingerprint density at radius 2 is 2.00 bits per heavy atom. The highest BCUT2D eigenvalue weighted by Crippen LogP contribution is 2.16. The van der Waals surface area contributed by atoms with E-state index >= 15 is 0 Å². The number of hydrogen-bond donors (Lipinski definition) is 1. The second-order valence-electron chi connectivity index (χ2n) is 4.38. The van der Waals surface area contributed by atoms with Gasteiger partial charge in [-0.2, -0.15) is 0 Å². The average Bonchev–Trinajstić information content (AvgIpc) is 2.87. The van der Waals surface area contributed by atoms with Gasteiger partial charge in [-0.05, 0) is 25.0 Å². The van der Waals surface area contributed by atoms with Crippen molar-refractivity contribution in [2.45, 2.75) is 46.1 Å². The van der Waals surface area contributed by atoms with Crippen LogP contribution in [-0.4, -0.2) is 29.9 Å². The molecule has 1 aromatic heterocycles. The highest BCUT2D eigenvalue weighted by atomic mass is 16.4. The molecule has 0 atom stereocenters. The summed E-state index contributed by atoms with van der Waals surface area (Å²) in [7, 11) is 0. The maximum absolute atomic E-state index is 12.4. The molecule has 0 spiro atoms. The van der Waals surface area contributed by atoms with Crippen molar-refractivity contribution in [1.29, 1.82) is 0 Å². The van der Waals surface area contributed by atoms with Crippen molar-refractivity contribution in [2.24, 2.45) is 5.73 Å². The molecule has 0 saturated heterocycles. The van der Waals surface area contributed by atoms with E-state index in [-0.39, 0.29) is 11.9 Å². The lowest BCUT2D eigenvalue weighted by molar-refractivity contribution is 0.0640. The molecule has 4 heteroatoms. The second kappa shape index (κ2) is 7.21. The summed E-state index contributed by atoms with van der Waals surface area (Å²) in [5, 5.41) is 0. The number of aryl methyl sites for hydroxylation is 1. The Kier molecular flexibility index (Phi) is 5.92. The van der Waals surface area contributed by atoms with Gasteiger partial charge in [-0.15, -0.1) is 0 Å². The van der Waals surface area contributed by atoms with Crippen molar-refractivity contribution in [3.63, 3.8) is 0 Å². The molecule has 1 heterocycles. The molecular weight excluding hydrogens is 228 g/mol. The summed E-state index contributed by atoms with van der Waals surface area (Å²) in [4.78, 5) is 14.2. The van der Waals surface area contributed by atoms with Crippen LogP contribution in [0.4, 0.5) is 0 Å². The molecule has 1 amide bonds. The van der Waals surface area contributed by atoms with Crippen LogP contribution in [0.5, 0.6) is 0 Å². The number of nitrogens with two attached hydrogens (primary N) is 1. The average molecular weight is 252 g/mol. The van der Waals surface area contributed by atoms with Crippen LogP contribution < -0.4 is 5.73 Å². The summed E-state index contributed by atoms with van der Waals surface area (Å²) in [6, 6.07) is 3.85. The highest BCUT2D eigenvalue weighted by Gasteiger charge is 2.23. The number of amides is 1. The molecule has 0 saturated carbocycles. The SMILES string of the molecule is CCc1ccc(C(=O)N(CCN)C(CC)CC)o1. The van der Waals surface area contributed by atoms with Crippen LogP contribution in [0.3, 0.4) is 0 Å². The van der Waals surface area contributed by atoms with E-state index < -0.39 is 0 Å². The van der Waals surface area contributed by atoms with Gasteiger partial charge in [-0.25, -0.2) is 0 Å². The molecule has 0 aromatic carbocycles. The number of furan rings is 1. The second-order valence-corrected chi connectivity index (χ2v) is 4.38. The fraction of sp³-hybridized carbons (Fsp3) is 0.643. The zero-order valence-corrected chi connectivity index (χ0v) is 11.6. The molecule has 0 fully saturated rings. The van der Waals surface area contributed by atoms with E-state index in [1.54, 1.807) is 6.07 Å². The van der Waals surface area contributed by atoms with E-state index in [9.17, 15) is 4.79 Å². The maximum Gasteiger partial charge on any atom is 0.289 e. The minimum Gasteiger partial charge on any atom is -0.456 e. The normalized spacial score (nSPS) is 10.9. The molecule has 0 unspecified atom stereocenters. The van der Waals surface area contributed by atoms with Crippen molar-refractivity contribution in [1.82, 2.24) is 4.90 Å². The third kappa shape index (κ3) is 3.35. The van der Waals surface area contributed by atoms with Gasteiger partial charge in [0, 0.05) is 25.6 Å². The summed E-state index contributed by atoms with van der Waals surface area (Å²) in [5.74, 6) is 1.22. The van der Waals surface area contributed by atoms with E-state index in [0.717, 1.165) is 25.0 Å². The van der Waals surface area contributed by atoms with E-state index in [1.807, 2.05) is 17.9 Å². The summed E-state index contributed by atoms with van der Waals surface area (Å²) in [5.41, 5.74) is 5.60. The van der Waals surface area contributed by atoms with E-state index in [4.69, 9.17) is 10.2 Å². The number of carbonyl (C=O) groups excluding carboxylic acids is 1. The Balaban J connectivity index is 2.87. The van der Waals surface area contributed by atoms with Gasteiger partial charge in [0.05, 0.1) is 0 Å². The summed E-state index contributed by atoms with van der Waals surface area (Å²) < 4.78 is 5.53. The van der Waals surface area contributed by atoms with Gasteiger partial charge >= 0.3 is 0 Å². The predicted molar refractivity (Wildman–Crippen MR) is 72.5 cm³/mol. The van der Waals surface area contributed by atoms with Crippen LogP contribution in [-0.2, 0) is 6.42 Å². The summed E-state index contributed by atoms with van der Waals surface area (Å²) in [6.07, 6.45) is 2.67. The first-order valence-corrected chi connectivity index (χ1v) is 6.77. The lowest BCUT2D eigenvalue weighted by Crippen LogP contribution is -2.42. The number of carbonyl (C=O) groups is 1. The van der Waals surface area contributed by atoms with Crippen LogP contribution in [0.1, 0.15) is 49.9 Å². The first-order chi connectivity index (χ1) is 8.67. The van der Waals surface area contributed by atoms with Crippen molar-refractivity contribution in [2.75, 3.05) is 13.1 Å². The van der Waals surface area contributed by atoms with Crippen LogP contribution >= 0.6 is 0 Å². The lowest BCUT2D eigenvalue weighted by Gasteiger charge is -2.29. The van der Waals surface area contributed by atoms with E-state index in [2.05, 4.69) is 13.8 Å². The number of nitrogens with zero attached hydrogens (tertiary/aromatic N) is 1. The van der Waals surface area contributed by atoms with Gasteiger partial charge < -0.3 is 15.1 Å². The minimum absolute atomic E-state index is 0.0474. The molecule has 1 rings (SSSR count). The Hall–Kier alpha value is -1.29. The van der Waals surface area contributed by atoms with Gasteiger partial charge in [-0.3, -0.25) is 4.79 Å². The molecule has 0 aliphatic rings. The Labute approximate surface area is 109 Å². The van der Waals surface area contributed by atoms with Crippen LogP contribution in [0.25, 0.3) is 0 Å². The van der Waals surface area contributed by atoms with Crippen molar-refractivity contribution in [3.8, 4) is 0 Å². The monoisotopic (exact) mass is 252 g/mol. The van der Waals surface area contributed by atoms with Crippen LogP contribution in [0.2, 0.25) is 0 Å². The Bertz CT molecular complexity index is 370. The molecule has 1 aromatic rings. The Morgan fingerprint density at radius 1 is 1.33 bits per heavy atom. The first-order valence-electron chi connectivity index (χ1n) is 6.77. The molecule has 0 radical (unpaired) electrons. The smallest absolute Gasteiger partial charge is 0.289 e. The molecule has 2 N–H and O–H groups in total. The number of rotatable bonds is 7. The van der Waals surface area contributed by atoms with Crippen molar-refractivity contribution in [3.05, 3.63) is 23.7 Å². The maximum atomic E-state index is 12.4. The third-order valence-electron chi connectivity index (χ3n) is 3.24. The quantitative estimate of drug-likeness (QED) is 0.810. The van der Waals surface area contributed by atoms with Crippen LogP contribution in [0.15, 0.2) is 16.5 Å². The standard InChI is InChI=1S/C14H24N2O2/c1-4-11(5-2)16(10-9-15)14(17)13-8-7-12(6-3)18-13/h7-8,11H,4-6,9-10,15H2,1-3H3. The van der Waals surface area contributed by atoms with Gasteiger partial charge in [-0.1, -0.05) is 20.8 Å². The van der Waals surface area contributed by atoms with Crippen molar-refractivity contribution < 1.29 is 9.21 Å². The molecule has 18 heavy (non-hydrogen) atoms. The molecular formula is C14H24N2O2. The third-order valence-corrected chi connectivity index (χ3v) is 3.24. The summed E-state index contributed by atoms with van der Waals surface area (Å²) >= 11 is 0. The lowest BCUT2D eigenvalue weighted by atomic mass is 10.1. The van der Waals surface area contributed by atoms with Gasteiger partial charge in [0.15, 0.2) is 5.76 Å². The molecule has 0 bridgehead atoms. The summed E-state index contributed by atoms with van der Waals surface area (Å²) in [6.45, 7) is 7.23. The van der Waals surface area contributed by atoms with Crippen LogP contribution in [0, 0.1) is 0 Å². The first kappa shape index (κ1) is 14.8.